The Morgan fingerprint density at radius 1 is 1.39 bits per heavy atom. The third-order valence-electron chi connectivity index (χ3n) is 3.78. The first-order chi connectivity index (χ1) is 13.6. The summed E-state index contributed by atoms with van der Waals surface area (Å²) in [5, 5.41) is 11.9. The largest absolute Gasteiger partial charge is 0.496 e. The van der Waals surface area contributed by atoms with Gasteiger partial charge in [-0.1, -0.05) is 11.6 Å². The maximum absolute atomic E-state index is 10.4. The minimum atomic E-state index is -0.469. The van der Waals surface area contributed by atoms with Gasteiger partial charge in [0.1, 0.15) is 11.4 Å². The number of nitrogens with one attached hydrogen (secondary N) is 1. The lowest BCUT2D eigenvalue weighted by molar-refractivity contribution is 0.233. The second-order valence-electron chi connectivity index (χ2n) is 5.57. The summed E-state index contributed by atoms with van der Waals surface area (Å²) in [5.41, 5.74) is 7.42. The molecule has 3 aromatic rings. The number of halogens is 1. The lowest BCUT2D eigenvalue weighted by atomic mass is 10.1. The zero-order valence-corrected chi connectivity index (χ0v) is 15.7. The van der Waals surface area contributed by atoms with Gasteiger partial charge in [-0.2, -0.15) is 10.2 Å². The van der Waals surface area contributed by atoms with Crippen LogP contribution in [0.2, 0.25) is 5.02 Å². The van der Waals surface area contributed by atoms with Gasteiger partial charge in [0.25, 0.3) is 0 Å². The first kappa shape index (κ1) is 19.2. The topological polar surface area (TPSA) is 114 Å². The van der Waals surface area contributed by atoms with E-state index < -0.39 is 6.03 Å². The third-order valence-corrected chi connectivity index (χ3v) is 4.02. The number of amides is 2. The number of hydrogen-bond acceptors (Lipinski definition) is 5. The molecular formula is C18H18ClN7O2. The van der Waals surface area contributed by atoms with Crippen molar-refractivity contribution in [1.29, 1.82) is 0 Å². The maximum Gasteiger partial charge on any atom is 0.320 e. The Morgan fingerprint density at radius 2 is 2.25 bits per heavy atom. The molecule has 1 aliphatic rings. The molecule has 0 saturated heterocycles. The number of aromatic amines is 1. The zero-order chi connectivity index (χ0) is 19.9. The number of carbonyl (C=O) groups is 1. The molecule has 28 heavy (non-hydrogen) atoms. The van der Waals surface area contributed by atoms with Crippen LogP contribution in [0.5, 0.6) is 5.75 Å². The van der Waals surface area contributed by atoms with Crippen LogP contribution in [-0.2, 0) is 0 Å². The van der Waals surface area contributed by atoms with Crippen molar-refractivity contribution >= 4 is 24.0 Å². The van der Waals surface area contributed by atoms with E-state index in [0.29, 0.717) is 11.6 Å². The minimum absolute atomic E-state index is 0.469. The van der Waals surface area contributed by atoms with Crippen LogP contribution in [-0.4, -0.2) is 50.9 Å². The number of methoxy groups -OCH3 is 1. The third kappa shape index (κ3) is 4.38. The van der Waals surface area contributed by atoms with Gasteiger partial charge < -0.3 is 10.5 Å². The van der Waals surface area contributed by atoms with E-state index >= 15 is 0 Å². The lowest BCUT2D eigenvalue weighted by Crippen LogP contribution is -2.35. The summed E-state index contributed by atoms with van der Waals surface area (Å²) in [6.45, 7) is 0.527. The molecule has 3 heterocycles. The van der Waals surface area contributed by atoms with Crippen molar-refractivity contribution in [2.45, 2.75) is 0 Å². The van der Waals surface area contributed by atoms with Crippen LogP contribution in [0, 0.1) is 0 Å². The van der Waals surface area contributed by atoms with Crippen molar-refractivity contribution in [2.24, 2.45) is 10.7 Å². The summed E-state index contributed by atoms with van der Waals surface area (Å²) in [6.07, 6.45) is 10.1. The van der Waals surface area contributed by atoms with Gasteiger partial charge in [0.2, 0.25) is 0 Å². The molecule has 0 saturated carbocycles. The van der Waals surface area contributed by atoms with Crippen LogP contribution >= 0.6 is 11.6 Å². The normalized spacial score (nSPS) is 12.4. The van der Waals surface area contributed by atoms with Crippen LogP contribution in [0.3, 0.4) is 0 Å². The summed E-state index contributed by atoms with van der Waals surface area (Å²) < 4.78 is 7.10. The Bertz CT molecular complexity index is 995. The fourth-order valence-electron chi connectivity index (χ4n) is 2.47. The van der Waals surface area contributed by atoms with E-state index in [4.69, 9.17) is 22.1 Å². The minimum Gasteiger partial charge on any atom is -0.496 e. The van der Waals surface area contributed by atoms with Crippen molar-refractivity contribution in [3.05, 3.63) is 60.2 Å². The first-order valence-electron chi connectivity index (χ1n) is 8.22. The van der Waals surface area contributed by atoms with Crippen molar-refractivity contribution in [2.75, 3.05) is 13.7 Å². The first-order valence-corrected chi connectivity index (χ1v) is 8.59. The van der Waals surface area contributed by atoms with E-state index in [1.807, 2.05) is 24.4 Å². The average Bonchev–Trinajstić information content (AvgIpc) is 3.40. The van der Waals surface area contributed by atoms with Crippen LogP contribution in [0.1, 0.15) is 0 Å². The summed E-state index contributed by atoms with van der Waals surface area (Å²) in [6, 6.07) is 6.83. The van der Waals surface area contributed by atoms with E-state index in [0.717, 1.165) is 22.7 Å². The smallest absolute Gasteiger partial charge is 0.320 e. The predicted octanol–water partition coefficient (Wildman–Crippen LogP) is 2.85. The fourth-order valence-corrected chi connectivity index (χ4v) is 2.65. The Hall–Kier alpha value is -3.59. The van der Waals surface area contributed by atoms with E-state index in [-0.39, 0.29) is 0 Å². The second-order valence-corrected chi connectivity index (χ2v) is 6.00. The van der Waals surface area contributed by atoms with Crippen molar-refractivity contribution in [1.82, 2.24) is 24.9 Å². The number of urea groups is 1. The molecule has 0 fully saturated rings. The number of nitrogens with two attached hydrogens (primary N) is 1. The molecule has 4 rings (SSSR count). The summed E-state index contributed by atoms with van der Waals surface area (Å²) in [7, 11) is 1.62. The number of H-pyrrole nitrogens is 1. The molecule has 0 aliphatic carbocycles. The highest BCUT2D eigenvalue weighted by Crippen LogP contribution is 2.34. The van der Waals surface area contributed by atoms with Gasteiger partial charge in [0.15, 0.2) is 0 Å². The average molecular weight is 400 g/mol. The van der Waals surface area contributed by atoms with Crippen molar-refractivity contribution in [3.8, 4) is 22.7 Å². The Balaban J connectivity index is 0.000000211. The van der Waals surface area contributed by atoms with Gasteiger partial charge >= 0.3 is 6.03 Å². The molecule has 3 N–H and O–H groups in total. The molecule has 2 aromatic heterocycles. The van der Waals surface area contributed by atoms with E-state index in [1.165, 1.54) is 11.2 Å². The monoisotopic (exact) mass is 399 g/mol. The molecule has 9 nitrogen and oxygen atoms in total. The predicted molar refractivity (Wildman–Crippen MR) is 107 cm³/mol. The number of primary amides is 1. The van der Waals surface area contributed by atoms with E-state index in [9.17, 15) is 4.79 Å². The number of aliphatic imine (C=N–C) groups is 1. The van der Waals surface area contributed by atoms with Crippen molar-refractivity contribution in [3.63, 3.8) is 0 Å². The highest BCUT2D eigenvalue weighted by Gasteiger charge is 2.14. The number of carbonyl (C=O) groups excluding carboxylic acids is 1. The van der Waals surface area contributed by atoms with Gasteiger partial charge in [-0.3, -0.25) is 10.00 Å². The molecule has 1 aromatic carbocycles. The Kier molecular flexibility index (Phi) is 6.07. The summed E-state index contributed by atoms with van der Waals surface area (Å²) >= 11 is 6.06. The van der Waals surface area contributed by atoms with Crippen molar-refractivity contribution < 1.29 is 9.53 Å². The van der Waals surface area contributed by atoms with E-state index in [2.05, 4.69) is 20.3 Å². The summed E-state index contributed by atoms with van der Waals surface area (Å²) in [4.78, 5) is 15.4. The number of aromatic nitrogens is 4. The van der Waals surface area contributed by atoms with Crippen LogP contribution < -0.4 is 10.5 Å². The van der Waals surface area contributed by atoms with Gasteiger partial charge in [-0.25, -0.2) is 14.5 Å². The molecule has 0 bridgehead atoms. The number of nitrogens with zero attached hydrogens (tertiary/aromatic N) is 5. The fraction of sp³-hybridized carbons (Fsp3) is 0.111. The number of benzene rings is 1. The molecule has 1 aliphatic heterocycles. The van der Waals surface area contributed by atoms with E-state index in [1.54, 1.807) is 42.5 Å². The SMILES string of the molecule is COc1ccc(Cl)cc1-c1[nH]ncc1-n1cccn1.NC(=O)N1C=NC=CC1. The molecule has 10 heteroatoms. The van der Waals surface area contributed by atoms with Crippen LogP contribution in [0.15, 0.2) is 60.1 Å². The maximum atomic E-state index is 10.4. The molecular weight excluding hydrogens is 382 g/mol. The van der Waals surface area contributed by atoms with Crippen LogP contribution in [0.4, 0.5) is 4.79 Å². The Labute approximate surface area is 166 Å². The second kappa shape index (κ2) is 8.87. The molecule has 0 radical (unpaired) electrons. The van der Waals surface area contributed by atoms with Gasteiger partial charge in [0.05, 0.1) is 25.3 Å². The highest BCUT2D eigenvalue weighted by molar-refractivity contribution is 6.31. The molecule has 0 atom stereocenters. The number of ether oxygens (including phenoxy) is 1. The molecule has 2 amide bonds. The quantitative estimate of drug-likeness (QED) is 0.704. The summed E-state index contributed by atoms with van der Waals surface area (Å²) in [5.74, 6) is 0.724. The number of hydrogen-bond donors (Lipinski definition) is 2. The highest BCUT2D eigenvalue weighted by atomic mass is 35.5. The van der Waals surface area contributed by atoms with Crippen LogP contribution in [0.25, 0.3) is 16.9 Å². The standard InChI is InChI=1S/C13H11ClN4O.C5H7N3O/c1-19-12-4-3-9(14)7-10(12)13-11(8-15-17-13)18-6-2-5-16-18;6-5(9)8-3-1-2-7-4-8/h2-8H,1H3,(H,15,17);1-2,4H,3H2,(H2,6,9). The molecule has 0 spiro atoms. The van der Waals surface area contributed by atoms with Gasteiger partial charge in [-0.05, 0) is 30.3 Å². The Morgan fingerprint density at radius 3 is 2.86 bits per heavy atom. The van der Waals surface area contributed by atoms with Gasteiger partial charge in [0, 0.05) is 35.7 Å². The molecule has 0 unspecified atom stereocenters. The molecule has 144 valence electrons. The number of rotatable bonds is 3. The van der Waals surface area contributed by atoms with Gasteiger partial charge in [-0.15, -0.1) is 0 Å². The lowest BCUT2D eigenvalue weighted by Gasteiger charge is -2.12. The zero-order valence-electron chi connectivity index (χ0n) is 15.0.